The fraction of sp³-hybridized carbons (Fsp3) is 0.333. The molecule has 0 spiro atoms. The van der Waals surface area contributed by atoms with Crippen LogP contribution in [0.5, 0.6) is 5.75 Å². The van der Waals surface area contributed by atoms with Crippen LogP contribution in [0.4, 0.5) is 5.69 Å². The van der Waals surface area contributed by atoms with Crippen molar-refractivity contribution in [3.8, 4) is 5.75 Å². The van der Waals surface area contributed by atoms with E-state index in [1.54, 1.807) is 18.2 Å². The molecule has 0 radical (unpaired) electrons. The van der Waals surface area contributed by atoms with E-state index in [-0.39, 0.29) is 30.3 Å². The Morgan fingerprint density at radius 2 is 1.87 bits per heavy atom. The lowest BCUT2D eigenvalue weighted by Gasteiger charge is -2.29. The molecule has 10 heteroatoms. The van der Waals surface area contributed by atoms with Gasteiger partial charge in [0.05, 0.1) is 10.6 Å². The minimum absolute atomic E-state index is 0.0768. The van der Waals surface area contributed by atoms with Crippen LogP contribution in [0.2, 0.25) is 5.02 Å². The molecule has 2 aliphatic heterocycles. The Balaban J connectivity index is 1.53. The van der Waals surface area contributed by atoms with Gasteiger partial charge in [0, 0.05) is 24.7 Å². The third-order valence-corrected chi connectivity index (χ3v) is 7.58. The van der Waals surface area contributed by atoms with Gasteiger partial charge in [-0.15, -0.1) is 0 Å². The smallest absolute Gasteiger partial charge is 0.265 e. The van der Waals surface area contributed by atoms with E-state index in [0.717, 1.165) is 18.4 Å². The molecule has 4 rings (SSSR count). The number of hydrogen-bond acceptors (Lipinski definition) is 5. The highest BCUT2D eigenvalue weighted by Crippen LogP contribution is 2.35. The van der Waals surface area contributed by atoms with Crippen LogP contribution in [0.15, 0.2) is 47.4 Å². The van der Waals surface area contributed by atoms with Crippen molar-refractivity contribution in [3.63, 3.8) is 0 Å². The molecular weight excluding hydrogens is 442 g/mol. The molecule has 0 unspecified atom stereocenters. The molecule has 0 saturated carbocycles. The summed E-state index contributed by atoms with van der Waals surface area (Å²) < 4.78 is 32.7. The first-order valence-corrected chi connectivity index (χ1v) is 11.8. The van der Waals surface area contributed by atoms with Gasteiger partial charge >= 0.3 is 0 Å². The molecule has 2 aliphatic rings. The van der Waals surface area contributed by atoms with Gasteiger partial charge in [-0.05, 0) is 42.7 Å². The van der Waals surface area contributed by atoms with Gasteiger partial charge in [-0.1, -0.05) is 29.8 Å². The number of benzene rings is 2. The molecule has 2 aromatic rings. The van der Waals surface area contributed by atoms with Crippen LogP contribution in [0, 0.1) is 0 Å². The third-order valence-electron chi connectivity index (χ3n) is 5.31. The highest BCUT2D eigenvalue weighted by atomic mass is 35.5. The topological polar surface area (TPSA) is 96.0 Å². The standard InChI is InChI=1S/C21H22ClN3O5S/c22-17-6-2-1-5-15(17)12-23-20(26)13-25-18-11-16(7-8-19(18)30-14-21(25)27)31(28,29)24-9-3-4-10-24/h1-2,5-8,11H,3-4,9-10,12-14H2,(H,23,26). The van der Waals surface area contributed by atoms with Gasteiger partial charge in [-0.2, -0.15) is 4.31 Å². The van der Waals surface area contributed by atoms with Crippen LogP contribution >= 0.6 is 11.6 Å². The average molecular weight is 464 g/mol. The number of rotatable bonds is 6. The molecule has 1 N–H and O–H groups in total. The lowest BCUT2D eigenvalue weighted by molar-refractivity contribution is -0.125. The van der Waals surface area contributed by atoms with Gasteiger partial charge in [-0.3, -0.25) is 14.5 Å². The Morgan fingerprint density at radius 3 is 2.61 bits per heavy atom. The van der Waals surface area contributed by atoms with E-state index in [1.807, 2.05) is 6.07 Å². The van der Waals surface area contributed by atoms with Gasteiger partial charge in [-0.25, -0.2) is 8.42 Å². The average Bonchev–Trinajstić information content (AvgIpc) is 3.31. The Morgan fingerprint density at radius 1 is 1.13 bits per heavy atom. The highest BCUT2D eigenvalue weighted by Gasteiger charge is 2.32. The van der Waals surface area contributed by atoms with Crippen molar-refractivity contribution in [2.24, 2.45) is 0 Å². The minimum atomic E-state index is -3.67. The number of carbonyl (C=O) groups is 2. The summed E-state index contributed by atoms with van der Waals surface area (Å²) in [6.45, 7) is 0.690. The normalized spacial score (nSPS) is 16.7. The molecule has 8 nitrogen and oxygen atoms in total. The van der Waals surface area contributed by atoms with E-state index in [4.69, 9.17) is 16.3 Å². The molecule has 2 aromatic carbocycles. The molecule has 164 valence electrons. The number of ether oxygens (including phenoxy) is 1. The molecule has 0 aromatic heterocycles. The Kier molecular flexibility index (Phi) is 6.17. The molecular formula is C21H22ClN3O5S. The highest BCUT2D eigenvalue weighted by molar-refractivity contribution is 7.89. The van der Waals surface area contributed by atoms with E-state index >= 15 is 0 Å². The summed E-state index contributed by atoms with van der Waals surface area (Å²) in [6, 6.07) is 11.5. The summed E-state index contributed by atoms with van der Waals surface area (Å²) in [5.74, 6) is -0.455. The summed E-state index contributed by atoms with van der Waals surface area (Å²) >= 11 is 6.11. The van der Waals surface area contributed by atoms with Crippen molar-refractivity contribution in [3.05, 3.63) is 53.1 Å². The van der Waals surface area contributed by atoms with Crippen molar-refractivity contribution >= 4 is 39.1 Å². The molecule has 2 heterocycles. The van der Waals surface area contributed by atoms with Crippen LogP contribution in [-0.4, -0.2) is 50.8 Å². The third kappa shape index (κ3) is 4.53. The first kappa shape index (κ1) is 21.6. The van der Waals surface area contributed by atoms with Crippen LogP contribution in [0.3, 0.4) is 0 Å². The van der Waals surface area contributed by atoms with E-state index in [0.29, 0.717) is 23.9 Å². The fourth-order valence-electron chi connectivity index (χ4n) is 3.63. The maximum absolute atomic E-state index is 12.9. The molecule has 1 saturated heterocycles. The maximum Gasteiger partial charge on any atom is 0.265 e. The number of nitrogens with zero attached hydrogens (tertiary/aromatic N) is 2. The van der Waals surface area contributed by atoms with Gasteiger partial charge in [0.25, 0.3) is 5.91 Å². The zero-order chi connectivity index (χ0) is 22.0. The number of carbonyl (C=O) groups excluding carboxylic acids is 2. The van der Waals surface area contributed by atoms with Crippen molar-refractivity contribution < 1.29 is 22.7 Å². The predicted octanol–water partition coefficient (Wildman–Crippen LogP) is 2.17. The van der Waals surface area contributed by atoms with Crippen molar-refractivity contribution in [1.29, 1.82) is 0 Å². The number of anilines is 1. The summed E-state index contributed by atoms with van der Waals surface area (Å²) in [4.78, 5) is 26.3. The summed E-state index contributed by atoms with van der Waals surface area (Å²) in [6.07, 6.45) is 1.65. The summed E-state index contributed by atoms with van der Waals surface area (Å²) in [7, 11) is -3.67. The number of fused-ring (bicyclic) bond motifs is 1. The van der Waals surface area contributed by atoms with E-state index in [2.05, 4.69) is 5.32 Å². The Labute approximate surface area is 185 Å². The molecule has 1 fully saturated rings. The second kappa shape index (κ2) is 8.86. The molecule has 0 aliphatic carbocycles. The van der Waals surface area contributed by atoms with Crippen LogP contribution < -0.4 is 15.0 Å². The molecule has 2 amide bonds. The van der Waals surface area contributed by atoms with Gasteiger partial charge in [0.1, 0.15) is 12.3 Å². The number of nitrogens with one attached hydrogen (secondary N) is 1. The maximum atomic E-state index is 12.9. The second-order valence-electron chi connectivity index (χ2n) is 7.38. The van der Waals surface area contributed by atoms with Crippen molar-refractivity contribution in [2.75, 3.05) is 31.1 Å². The van der Waals surface area contributed by atoms with Gasteiger partial charge in [0.15, 0.2) is 6.61 Å². The van der Waals surface area contributed by atoms with Crippen LogP contribution in [-0.2, 0) is 26.2 Å². The number of halogens is 1. The first-order valence-electron chi connectivity index (χ1n) is 9.94. The number of amides is 2. The van der Waals surface area contributed by atoms with Crippen molar-refractivity contribution in [2.45, 2.75) is 24.3 Å². The number of hydrogen-bond donors (Lipinski definition) is 1. The lowest BCUT2D eigenvalue weighted by Crippen LogP contribution is -2.45. The fourth-order valence-corrected chi connectivity index (χ4v) is 5.37. The SMILES string of the molecule is O=C(CN1C(=O)COc2ccc(S(=O)(=O)N3CCCC3)cc21)NCc1ccccc1Cl. The van der Waals surface area contributed by atoms with Gasteiger partial charge < -0.3 is 10.1 Å². The largest absolute Gasteiger partial charge is 0.482 e. The number of sulfonamides is 1. The minimum Gasteiger partial charge on any atom is -0.482 e. The zero-order valence-electron chi connectivity index (χ0n) is 16.7. The predicted molar refractivity (Wildman–Crippen MR) is 116 cm³/mol. The summed E-state index contributed by atoms with van der Waals surface area (Å²) in [5, 5.41) is 3.28. The molecule has 31 heavy (non-hydrogen) atoms. The van der Waals surface area contributed by atoms with E-state index in [1.165, 1.54) is 27.4 Å². The summed E-state index contributed by atoms with van der Waals surface area (Å²) in [5.41, 5.74) is 1.02. The van der Waals surface area contributed by atoms with E-state index in [9.17, 15) is 18.0 Å². The monoisotopic (exact) mass is 463 g/mol. The van der Waals surface area contributed by atoms with Crippen molar-refractivity contribution in [1.82, 2.24) is 9.62 Å². The Bertz CT molecular complexity index is 1120. The van der Waals surface area contributed by atoms with E-state index < -0.39 is 21.8 Å². The quantitative estimate of drug-likeness (QED) is 0.708. The zero-order valence-corrected chi connectivity index (χ0v) is 18.3. The molecule has 0 atom stereocenters. The molecule has 0 bridgehead atoms. The first-order chi connectivity index (χ1) is 14.9. The van der Waals surface area contributed by atoms with Gasteiger partial charge in [0.2, 0.25) is 15.9 Å². The Hall–Kier alpha value is -2.62. The lowest BCUT2D eigenvalue weighted by atomic mass is 10.2. The second-order valence-corrected chi connectivity index (χ2v) is 9.72. The van der Waals surface area contributed by atoms with Crippen LogP contribution in [0.25, 0.3) is 0 Å². The van der Waals surface area contributed by atoms with Crippen LogP contribution in [0.1, 0.15) is 18.4 Å².